The van der Waals surface area contributed by atoms with Crippen LogP contribution in [0.2, 0.25) is 0 Å². The molecule has 14 N–H and O–H groups in total. The van der Waals surface area contributed by atoms with Crippen LogP contribution in [-0.4, -0.2) is 152 Å². The molecular weight excluding hydrogens is 1050 g/mol. The second-order valence-electron chi connectivity index (χ2n) is 25.6. The van der Waals surface area contributed by atoms with Crippen molar-refractivity contribution in [2.24, 2.45) is 34.8 Å². The van der Waals surface area contributed by atoms with Gasteiger partial charge in [-0.15, -0.1) is 0 Å². The molecule has 14 heteroatoms. The fraction of sp³-hybridized carbons (Fsp3) is 0.915. The van der Waals surface area contributed by atoms with E-state index >= 15 is 0 Å². The molecule has 504 valence electrons. The summed E-state index contributed by atoms with van der Waals surface area (Å²) in [5.41, 5.74) is 23.0. The lowest BCUT2D eigenvalue weighted by Crippen LogP contribution is -2.47. The van der Waals surface area contributed by atoms with Gasteiger partial charge in [-0.2, -0.15) is 0 Å². The van der Waals surface area contributed by atoms with E-state index in [0.717, 1.165) is 149 Å². The van der Waals surface area contributed by atoms with Gasteiger partial charge in [-0.3, -0.25) is 9.59 Å². The quantitative estimate of drug-likeness (QED) is 0.0203. The van der Waals surface area contributed by atoms with Gasteiger partial charge in [0, 0.05) is 26.2 Å². The molecule has 0 spiro atoms. The topological polar surface area (TPSA) is 217 Å². The summed E-state index contributed by atoms with van der Waals surface area (Å²) in [6.45, 7) is 24.8. The van der Waals surface area contributed by atoms with Crippen molar-refractivity contribution in [2.45, 2.75) is 290 Å². The fourth-order valence-corrected chi connectivity index (χ4v) is 11.4. The number of carbonyl (C=O) groups is 2. The van der Waals surface area contributed by atoms with Gasteiger partial charge in [0.1, 0.15) is 0 Å². The molecule has 2 amide bonds. The molecule has 0 bridgehead atoms. The summed E-state index contributed by atoms with van der Waals surface area (Å²) >= 11 is 0. The zero-order valence-electron chi connectivity index (χ0n) is 56.9. The van der Waals surface area contributed by atoms with Crippen molar-refractivity contribution < 1.29 is 9.59 Å². The first-order chi connectivity index (χ1) is 41.8. The van der Waals surface area contributed by atoms with Gasteiger partial charge in [-0.1, -0.05) is 168 Å². The van der Waals surface area contributed by atoms with Crippen LogP contribution in [0.5, 0.6) is 0 Å². The Balaban J connectivity index is 5.70. The smallest absolute Gasteiger partial charge is 0.237 e. The molecule has 0 radical (unpaired) electrons. The molecular formula is C71H148N12O2. The van der Waals surface area contributed by atoms with Crippen LogP contribution in [0.3, 0.4) is 0 Å². The van der Waals surface area contributed by atoms with Crippen LogP contribution < -0.4 is 54.8 Å². The molecule has 0 aromatic rings. The minimum absolute atomic E-state index is 0.110. The molecule has 14 nitrogen and oxygen atoms in total. The maximum absolute atomic E-state index is 13.7. The van der Waals surface area contributed by atoms with Crippen LogP contribution >= 0.6 is 0 Å². The highest BCUT2D eigenvalue weighted by Crippen LogP contribution is 2.15. The third-order valence-corrected chi connectivity index (χ3v) is 16.8. The van der Waals surface area contributed by atoms with E-state index in [2.05, 4.69) is 93.7 Å². The SMILES string of the molecule is CCCCCCCC/C=C\CCCCCCCCN(CCCCN(CCCCCCCC/C=C\CCCCCCCC)CC(C)CNC(=O)C(CCCNCCCN)NCCCCN)CC(C)CNC(=O)C(CCCNCCCN)NCCCN. The second-order valence-corrected chi connectivity index (χ2v) is 25.6. The standard InChI is InChI=1S/C71H148N12O2/c1-5-7-9-11-13-15-17-19-21-23-25-27-29-31-33-37-58-82(64-66(3)62-80-70(84)68(78-56-36-35-48-72)46-41-52-76-54-43-49-73)60-39-40-61-83(59-38-34-32-30-28-26-24-22-20-18-16-14-12-10-8-6-2)65-67(4)63-81-71(85)69(79-57-45-51-75)47-42-53-77-55-44-50-74/h19-22,66-69,76-79H,5-18,23-65,72-75H2,1-4H3,(H,80,84)(H,81,85)/b21-19-,22-20-. The first-order valence-electron chi connectivity index (χ1n) is 36.7. The summed E-state index contributed by atoms with van der Waals surface area (Å²) in [7, 11) is 0. The lowest BCUT2D eigenvalue weighted by molar-refractivity contribution is -0.124. The summed E-state index contributed by atoms with van der Waals surface area (Å²) in [6.07, 6.45) is 57.2. The lowest BCUT2D eigenvalue weighted by atomic mass is 10.1. The number of carbonyl (C=O) groups excluding carboxylic acids is 2. The van der Waals surface area contributed by atoms with Crippen LogP contribution in [0.4, 0.5) is 0 Å². The monoisotopic (exact) mass is 1200 g/mol. The Kier molecular flexibility index (Phi) is 66.4. The fourth-order valence-electron chi connectivity index (χ4n) is 11.4. The van der Waals surface area contributed by atoms with E-state index in [-0.39, 0.29) is 23.9 Å². The van der Waals surface area contributed by atoms with Crippen LogP contribution in [0.1, 0.15) is 278 Å². The van der Waals surface area contributed by atoms with Gasteiger partial charge in [0.25, 0.3) is 0 Å². The van der Waals surface area contributed by atoms with E-state index in [9.17, 15) is 9.59 Å². The molecule has 0 saturated heterocycles. The summed E-state index contributed by atoms with van der Waals surface area (Å²) in [4.78, 5) is 32.8. The molecule has 0 aromatic carbocycles. The highest BCUT2D eigenvalue weighted by molar-refractivity contribution is 5.82. The molecule has 85 heavy (non-hydrogen) atoms. The van der Waals surface area contributed by atoms with Crippen molar-refractivity contribution in [1.29, 1.82) is 0 Å². The van der Waals surface area contributed by atoms with E-state index in [1.54, 1.807) is 0 Å². The molecule has 0 aliphatic heterocycles. The normalized spacial score (nSPS) is 13.5. The van der Waals surface area contributed by atoms with Gasteiger partial charge in [-0.25, -0.2) is 0 Å². The van der Waals surface area contributed by atoms with E-state index in [4.69, 9.17) is 22.9 Å². The average molecular weight is 1200 g/mol. The number of nitrogens with two attached hydrogens (primary N) is 4. The predicted octanol–water partition coefficient (Wildman–Crippen LogP) is 12.4. The maximum atomic E-state index is 13.7. The molecule has 0 aromatic heterocycles. The van der Waals surface area contributed by atoms with Gasteiger partial charge >= 0.3 is 0 Å². The number of amides is 2. The molecule has 0 rings (SSSR count). The first kappa shape index (κ1) is 83.0. The van der Waals surface area contributed by atoms with Crippen LogP contribution in [0.25, 0.3) is 0 Å². The van der Waals surface area contributed by atoms with Crippen molar-refractivity contribution >= 4 is 11.8 Å². The second kappa shape index (κ2) is 67.9. The summed E-state index contributed by atoms with van der Waals surface area (Å²) in [5.74, 6) is 0.927. The Morgan fingerprint density at radius 2 is 0.647 bits per heavy atom. The third kappa shape index (κ3) is 59.4. The van der Waals surface area contributed by atoms with Crippen molar-refractivity contribution in [3.05, 3.63) is 24.3 Å². The van der Waals surface area contributed by atoms with Crippen LogP contribution in [0, 0.1) is 11.8 Å². The highest BCUT2D eigenvalue weighted by atomic mass is 16.2. The van der Waals surface area contributed by atoms with Gasteiger partial charge in [0.2, 0.25) is 11.8 Å². The highest BCUT2D eigenvalue weighted by Gasteiger charge is 2.21. The van der Waals surface area contributed by atoms with Crippen LogP contribution in [-0.2, 0) is 9.59 Å². The maximum Gasteiger partial charge on any atom is 0.237 e. The molecule has 0 aliphatic carbocycles. The van der Waals surface area contributed by atoms with Crippen molar-refractivity contribution in [3.8, 4) is 0 Å². The predicted molar refractivity (Wildman–Crippen MR) is 372 cm³/mol. The molecule has 0 heterocycles. The Bertz CT molecular complexity index is 1420. The number of nitrogens with one attached hydrogen (secondary N) is 6. The third-order valence-electron chi connectivity index (χ3n) is 16.8. The molecule has 4 atom stereocenters. The number of allylic oxidation sites excluding steroid dienone is 4. The molecule has 0 saturated carbocycles. The van der Waals surface area contributed by atoms with Gasteiger partial charge in [-0.05, 0) is 238 Å². The molecule has 0 aliphatic rings. The lowest BCUT2D eigenvalue weighted by Gasteiger charge is -2.29. The molecule has 0 fully saturated rings. The number of hydrogen-bond acceptors (Lipinski definition) is 12. The van der Waals surface area contributed by atoms with E-state index < -0.39 is 0 Å². The zero-order chi connectivity index (χ0) is 62.0. The first-order valence-corrected chi connectivity index (χ1v) is 36.7. The van der Waals surface area contributed by atoms with E-state index in [1.165, 1.54) is 180 Å². The Morgan fingerprint density at radius 1 is 0.353 bits per heavy atom. The summed E-state index contributed by atoms with van der Waals surface area (Å²) in [6, 6.07) is -0.400. The Morgan fingerprint density at radius 3 is 1.00 bits per heavy atom. The molecule has 4 unspecified atom stereocenters. The largest absolute Gasteiger partial charge is 0.354 e. The van der Waals surface area contributed by atoms with Gasteiger partial charge in [0.05, 0.1) is 12.1 Å². The van der Waals surface area contributed by atoms with E-state index in [0.29, 0.717) is 51.1 Å². The van der Waals surface area contributed by atoms with E-state index in [1.807, 2.05) is 0 Å². The number of unbranched alkanes of at least 4 members (excludes halogenated alkanes) is 26. The minimum Gasteiger partial charge on any atom is -0.354 e. The average Bonchev–Trinajstić information content (AvgIpc) is 3.51. The van der Waals surface area contributed by atoms with Gasteiger partial charge in [0.15, 0.2) is 0 Å². The number of hydrogen-bond donors (Lipinski definition) is 10. The minimum atomic E-state index is -0.207. The van der Waals surface area contributed by atoms with Crippen molar-refractivity contribution in [1.82, 2.24) is 41.7 Å². The Labute approximate surface area is 527 Å². The van der Waals surface area contributed by atoms with Crippen molar-refractivity contribution in [2.75, 3.05) is 118 Å². The summed E-state index contributed by atoms with van der Waals surface area (Å²) < 4.78 is 0. The van der Waals surface area contributed by atoms with Gasteiger partial charge < -0.3 is 64.6 Å². The number of rotatable bonds is 70. The Hall–Kier alpha value is -1.98. The summed E-state index contributed by atoms with van der Waals surface area (Å²) in [5, 5.41) is 20.8. The zero-order valence-corrected chi connectivity index (χ0v) is 56.9. The van der Waals surface area contributed by atoms with Crippen molar-refractivity contribution in [3.63, 3.8) is 0 Å². The number of nitrogens with zero attached hydrogens (tertiary/aromatic N) is 2. The van der Waals surface area contributed by atoms with Crippen LogP contribution in [0.15, 0.2) is 24.3 Å².